The number of nitrogens with zero attached hydrogens (tertiary/aromatic N) is 4. The van der Waals surface area contributed by atoms with Crippen molar-refractivity contribution >= 4 is 0 Å². The molecule has 1 aromatic carbocycles. The van der Waals surface area contributed by atoms with E-state index in [2.05, 4.69) is 4.98 Å². The normalized spacial score (nSPS) is 9.44. The van der Waals surface area contributed by atoms with Gasteiger partial charge in [0.2, 0.25) is 0 Å². The lowest BCUT2D eigenvalue weighted by Crippen LogP contribution is -2.09. The molecule has 0 aliphatic heterocycles. The molecule has 0 fully saturated rings. The molecule has 5 heteroatoms. The van der Waals surface area contributed by atoms with Crippen molar-refractivity contribution in [1.82, 2.24) is 9.55 Å². The van der Waals surface area contributed by atoms with Crippen LogP contribution in [0, 0.1) is 22.7 Å². The Morgan fingerprint density at radius 1 is 1.17 bits per heavy atom. The van der Waals surface area contributed by atoms with Crippen LogP contribution in [0.4, 0.5) is 0 Å². The van der Waals surface area contributed by atoms with Gasteiger partial charge in [0, 0.05) is 0 Å². The number of hydrogen-bond donors (Lipinski definition) is 0. The van der Waals surface area contributed by atoms with Crippen molar-refractivity contribution in [1.29, 1.82) is 10.5 Å². The van der Waals surface area contributed by atoms with Gasteiger partial charge in [-0.1, -0.05) is 18.2 Å². The lowest BCUT2D eigenvalue weighted by molar-refractivity contribution is 0.298. The minimum absolute atomic E-state index is 0.150. The van der Waals surface area contributed by atoms with Gasteiger partial charge in [-0.2, -0.15) is 10.5 Å². The Bertz CT molecular complexity index is 604. The summed E-state index contributed by atoms with van der Waals surface area (Å²) >= 11 is 0. The largest absolute Gasteiger partial charge is 0.492 e. The number of ether oxygens (including phenoxy) is 1. The third-order valence-electron chi connectivity index (χ3n) is 2.39. The van der Waals surface area contributed by atoms with E-state index in [0.717, 1.165) is 5.75 Å². The summed E-state index contributed by atoms with van der Waals surface area (Å²) in [5, 5.41) is 17.7. The number of rotatable bonds is 4. The number of hydrogen-bond acceptors (Lipinski definition) is 4. The molecule has 1 aromatic heterocycles. The van der Waals surface area contributed by atoms with Gasteiger partial charge in [0.15, 0.2) is 11.4 Å². The molecule has 0 bridgehead atoms. The van der Waals surface area contributed by atoms with Crippen LogP contribution in [0.3, 0.4) is 0 Å². The lowest BCUT2D eigenvalue weighted by atomic mass is 10.3. The van der Waals surface area contributed by atoms with Crippen molar-refractivity contribution in [3.8, 4) is 17.9 Å². The van der Waals surface area contributed by atoms with Gasteiger partial charge in [-0.3, -0.25) is 0 Å². The summed E-state index contributed by atoms with van der Waals surface area (Å²) in [6.07, 6.45) is 1.48. The molecule has 88 valence electrons. The van der Waals surface area contributed by atoms with E-state index in [9.17, 15) is 0 Å². The summed E-state index contributed by atoms with van der Waals surface area (Å²) in [7, 11) is 0. The fourth-order valence-corrected chi connectivity index (χ4v) is 1.53. The zero-order chi connectivity index (χ0) is 12.8. The van der Waals surface area contributed by atoms with Crippen molar-refractivity contribution in [2.24, 2.45) is 0 Å². The summed E-state index contributed by atoms with van der Waals surface area (Å²) in [6.45, 7) is 0.895. The Kier molecular flexibility index (Phi) is 3.58. The highest BCUT2D eigenvalue weighted by atomic mass is 16.5. The van der Waals surface area contributed by atoms with Gasteiger partial charge in [-0.05, 0) is 12.1 Å². The first-order valence-corrected chi connectivity index (χ1v) is 5.38. The Labute approximate surface area is 104 Å². The third-order valence-corrected chi connectivity index (χ3v) is 2.39. The van der Waals surface area contributed by atoms with Crippen LogP contribution in [0.1, 0.15) is 11.4 Å². The van der Waals surface area contributed by atoms with Gasteiger partial charge in [-0.15, -0.1) is 0 Å². The maximum Gasteiger partial charge on any atom is 0.176 e. The summed E-state index contributed by atoms with van der Waals surface area (Å²) in [4.78, 5) is 3.85. The molecule has 1 heterocycles. The zero-order valence-electron chi connectivity index (χ0n) is 9.58. The number of para-hydroxylation sites is 1. The van der Waals surface area contributed by atoms with Gasteiger partial charge in [0.05, 0.1) is 12.9 Å². The number of imidazole rings is 1. The quantitative estimate of drug-likeness (QED) is 0.812. The Balaban J connectivity index is 1.98. The SMILES string of the molecule is N#Cc1ncn(CCOc2ccccc2)c1C#N. The molecule has 0 radical (unpaired) electrons. The van der Waals surface area contributed by atoms with Crippen LogP contribution in [0.15, 0.2) is 36.7 Å². The molecule has 2 aromatic rings. The second kappa shape index (κ2) is 5.51. The van der Waals surface area contributed by atoms with E-state index in [0.29, 0.717) is 13.2 Å². The maximum atomic E-state index is 8.93. The van der Waals surface area contributed by atoms with Crippen molar-refractivity contribution < 1.29 is 4.74 Å². The molecule has 0 atom stereocenters. The molecular formula is C13H10N4O. The van der Waals surface area contributed by atoms with Crippen LogP contribution < -0.4 is 4.74 Å². The molecule has 0 unspecified atom stereocenters. The molecule has 2 rings (SSSR count). The van der Waals surface area contributed by atoms with Gasteiger partial charge in [0.1, 0.15) is 24.5 Å². The van der Waals surface area contributed by atoms with E-state index in [-0.39, 0.29) is 11.4 Å². The smallest absolute Gasteiger partial charge is 0.176 e. The molecule has 0 spiro atoms. The Hall–Kier alpha value is -2.79. The minimum atomic E-state index is 0.150. The number of benzene rings is 1. The number of aromatic nitrogens is 2. The fraction of sp³-hybridized carbons (Fsp3) is 0.154. The van der Waals surface area contributed by atoms with E-state index in [1.165, 1.54) is 6.33 Å². The number of nitriles is 2. The Morgan fingerprint density at radius 3 is 2.61 bits per heavy atom. The first-order valence-electron chi connectivity index (χ1n) is 5.38. The van der Waals surface area contributed by atoms with Gasteiger partial charge in [0.25, 0.3) is 0 Å². The van der Waals surface area contributed by atoms with Crippen LogP contribution in [0.5, 0.6) is 5.75 Å². The molecule has 0 saturated carbocycles. The summed E-state index contributed by atoms with van der Waals surface area (Å²) in [6, 6.07) is 13.3. The molecule has 0 saturated heterocycles. The van der Waals surface area contributed by atoms with Crippen LogP contribution in [0.2, 0.25) is 0 Å². The molecule has 0 N–H and O–H groups in total. The van der Waals surface area contributed by atoms with E-state index < -0.39 is 0 Å². The molecule has 0 amide bonds. The van der Waals surface area contributed by atoms with Gasteiger partial charge >= 0.3 is 0 Å². The predicted molar refractivity (Wildman–Crippen MR) is 63.6 cm³/mol. The third kappa shape index (κ3) is 2.47. The van der Waals surface area contributed by atoms with E-state index in [1.54, 1.807) is 4.57 Å². The molecule has 0 aliphatic rings. The average Bonchev–Trinajstić information content (AvgIpc) is 2.82. The maximum absolute atomic E-state index is 8.93. The highest BCUT2D eigenvalue weighted by molar-refractivity contribution is 5.36. The predicted octanol–water partition coefficient (Wildman–Crippen LogP) is 1.71. The monoisotopic (exact) mass is 238 g/mol. The zero-order valence-corrected chi connectivity index (χ0v) is 9.58. The second-order valence-corrected chi connectivity index (χ2v) is 3.52. The van der Waals surface area contributed by atoms with Gasteiger partial charge in [-0.25, -0.2) is 4.98 Å². The van der Waals surface area contributed by atoms with Crippen molar-refractivity contribution in [3.05, 3.63) is 48.0 Å². The van der Waals surface area contributed by atoms with Crippen LogP contribution >= 0.6 is 0 Å². The van der Waals surface area contributed by atoms with Crippen molar-refractivity contribution in [3.63, 3.8) is 0 Å². The van der Waals surface area contributed by atoms with E-state index in [4.69, 9.17) is 15.3 Å². The standard InChI is InChI=1S/C13H10N4O/c14-8-12-13(9-15)17(10-16-12)6-7-18-11-4-2-1-3-5-11/h1-5,10H,6-7H2. The van der Waals surface area contributed by atoms with E-state index in [1.807, 2.05) is 42.5 Å². The van der Waals surface area contributed by atoms with Crippen molar-refractivity contribution in [2.45, 2.75) is 6.54 Å². The molecular weight excluding hydrogens is 228 g/mol. The minimum Gasteiger partial charge on any atom is -0.492 e. The summed E-state index contributed by atoms with van der Waals surface area (Å²) in [5.41, 5.74) is 0.423. The fourth-order valence-electron chi connectivity index (χ4n) is 1.53. The highest BCUT2D eigenvalue weighted by Gasteiger charge is 2.09. The molecule has 18 heavy (non-hydrogen) atoms. The highest BCUT2D eigenvalue weighted by Crippen LogP contribution is 2.09. The summed E-state index contributed by atoms with van der Waals surface area (Å²) in [5.74, 6) is 0.775. The van der Waals surface area contributed by atoms with Crippen LogP contribution in [0.25, 0.3) is 0 Å². The topological polar surface area (TPSA) is 74.6 Å². The van der Waals surface area contributed by atoms with Crippen molar-refractivity contribution in [2.75, 3.05) is 6.61 Å². The first kappa shape index (κ1) is 11.7. The molecule has 0 aliphatic carbocycles. The average molecular weight is 238 g/mol. The van der Waals surface area contributed by atoms with Crippen LogP contribution in [-0.2, 0) is 6.54 Å². The first-order chi connectivity index (χ1) is 8.85. The Morgan fingerprint density at radius 2 is 1.94 bits per heavy atom. The van der Waals surface area contributed by atoms with E-state index >= 15 is 0 Å². The van der Waals surface area contributed by atoms with Gasteiger partial charge < -0.3 is 9.30 Å². The second-order valence-electron chi connectivity index (χ2n) is 3.52. The summed E-state index contributed by atoms with van der Waals surface area (Å²) < 4.78 is 7.12. The van der Waals surface area contributed by atoms with Crippen LogP contribution in [-0.4, -0.2) is 16.2 Å². The molecule has 5 nitrogen and oxygen atoms in total. The lowest BCUT2D eigenvalue weighted by Gasteiger charge is -2.06.